The smallest absolute Gasteiger partial charge is 0.407 e. The van der Waals surface area contributed by atoms with E-state index in [2.05, 4.69) is 15.2 Å². The van der Waals surface area contributed by atoms with Crippen molar-refractivity contribution in [3.63, 3.8) is 0 Å². The lowest BCUT2D eigenvalue weighted by Gasteiger charge is -2.22. The average molecular weight is 278 g/mol. The second-order valence-electron chi connectivity index (χ2n) is 5.99. The maximum atomic E-state index is 11.7. The van der Waals surface area contributed by atoms with Crippen LogP contribution in [-0.2, 0) is 4.74 Å². The molecule has 2 heterocycles. The van der Waals surface area contributed by atoms with E-state index in [0.717, 1.165) is 18.8 Å². The van der Waals surface area contributed by atoms with Crippen molar-refractivity contribution in [2.45, 2.75) is 38.8 Å². The molecule has 0 aromatic carbocycles. The van der Waals surface area contributed by atoms with Gasteiger partial charge in [0.15, 0.2) is 5.82 Å². The number of amides is 1. The molecule has 6 nitrogen and oxygen atoms in total. The Morgan fingerprint density at radius 3 is 2.95 bits per heavy atom. The molecule has 0 aliphatic carbocycles. The monoisotopic (exact) mass is 278 g/mol. The van der Waals surface area contributed by atoms with Crippen LogP contribution >= 0.6 is 0 Å². The van der Waals surface area contributed by atoms with Crippen LogP contribution in [0.15, 0.2) is 18.3 Å². The summed E-state index contributed by atoms with van der Waals surface area (Å²) >= 11 is 0. The molecule has 1 aliphatic heterocycles. The van der Waals surface area contributed by atoms with E-state index < -0.39 is 5.60 Å². The number of pyridine rings is 1. The zero-order valence-corrected chi connectivity index (χ0v) is 12.2. The fourth-order valence-electron chi connectivity index (χ4n) is 2.22. The molecule has 20 heavy (non-hydrogen) atoms. The summed E-state index contributed by atoms with van der Waals surface area (Å²) in [4.78, 5) is 18.1. The van der Waals surface area contributed by atoms with E-state index in [1.165, 1.54) is 0 Å². The zero-order valence-electron chi connectivity index (χ0n) is 12.2. The van der Waals surface area contributed by atoms with Crippen LogP contribution in [0.1, 0.15) is 27.2 Å². The molecular formula is C14H22N4O2. The second-order valence-corrected chi connectivity index (χ2v) is 5.99. The van der Waals surface area contributed by atoms with Crippen LogP contribution in [-0.4, -0.2) is 35.8 Å². The predicted octanol–water partition coefficient (Wildman–Crippen LogP) is 1.77. The van der Waals surface area contributed by atoms with Crippen molar-refractivity contribution in [1.29, 1.82) is 0 Å². The van der Waals surface area contributed by atoms with Gasteiger partial charge < -0.3 is 20.7 Å². The number of nitrogens with one attached hydrogen (secondary N) is 1. The van der Waals surface area contributed by atoms with E-state index in [4.69, 9.17) is 10.5 Å². The highest BCUT2D eigenvalue weighted by Crippen LogP contribution is 2.23. The van der Waals surface area contributed by atoms with Gasteiger partial charge in [0.2, 0.25) is 0 Å². The van der Waals surface area contributed by atoms with E-state index >= 15 is 0 Å². The topological polar surface area (TPSA) is 80.5 Å². The van der Waals surface area contributed by atoms with Gasteiger partial charge in [-0.25, -0.2) is 9.78 Å². The fourth-order valence-corrected chi connectivity index (χ4v) is 2.22. The Bertz CT molecular complexity index is 484. The number of carbonyl (C=O) groups is 1. The van der Waals surface area contributed by atoms with Gasteiger partial charge in [0.05, 0.1) is 11.7 Å². The lowest BCUT2D eigenvalue weighted by molar-refractivity contribution is 0.0509. The molecule has 3 N–H and O–H groups in total. The maximum absolute atomic E-state index is 11.7. The third-order valence-electron chi connectivity index (χ3n) is 3.03. The predicted molar refractivity (Wildman–Crippen MR) is 78.6 cm³/mol. The summed E-state index contributed by atoms with van der Waals surface area (Å²) in [5.74, 6) is 0.779. The van der Waals surface area contributed by atoms with Gasteiger partial charge in [-0.2, -0.15) is 0 Å². The third kappa shape index (κ3) is 3.76. The molecule has 6 heteroatoms. The van der Waals surface area contributed by atoms with Crippen LogP contribution in [0, 0.1) is 0 Å². The molecule has 2 rings (SSSR count). The van der Waals surface area contributed by atoms with Crippen molar-refractivity contribution in [2.75, 3.05) is 23.7 Å². The second kappa shape index (κ2) is 5.56. The van der Waals surface area contributed by atoms with Crippen molar-refractivity contribution in [2.24, 2.45) is 0 Å². The highest BCUT2D eigenvalue weighted by Gasteiger charge is 2.27. The maximum Gasteiger partial charge on any atom is 0.407 e. The lowest BCUT2D eigenvalue weighted by atomic mass is 10.2. The Balaban J connectivity index is 1.90. The minimum absolute atomic E-state index is 0.0613. The first-order valence-electron chi connectivity index (χ1n) is 6.80. The van der Waals surface area contributed by atoms with Gasteiger partial charge in [-0.05, 0) is 39.3 Å². The largest absolute Gasteiger partial charge is 0.444 e. The van der Waals surface area contributed by atoms with Gasteiger partial charge >= 0.3 is 6.09 Å². The number of rotatable bonds is 2. The number of anilines is 2. The summed E-state index contributed by atoms with van der Waals surface area (Å²) in [6, 6.07) is 3.70. The molecule has 110 valence electrons. The molecule has 1 amide bonds. The molecule has 1 saturated heterocycles. The minimum atomic E-state index is -0.478. The summed E-state index contributed by atoms with van der Waals surface area (Å²) in [5, 5.41) is 2.88. The Kier molecular flexibility index (Phi) is 4.01. The Morgan fingerprint density at radius 1 is 1.55 bits per heavy atom. The first-order valence-corrected chi connectivity index (χ1v) is 6.80. The van der Waals surface area contributed by atoms with Crippen LogP contribution in [0.4, 0.5) is 16.3 Å². The average Bonchev–Trinajstić information content (AvgIpc) is 2.75. The number of aromatic nitrogens is 1. The third-order valence-corrected chi connectivity index (χ3v) is 3.03. The van der Waals surface area contributed by atoms with E-state index in [0.29, 0.717) is 12.2 Å². The van der Waals surface area contributed by atoms with E-state index in [1.54, 1.807) is 6.20 Å². The standard InChI is InChI=1S/C14H22N4O2/c1-14(2,3)20-13(19)17-10-6-8-18(9-10)12-11(15)5-4-7-16-12/h4-5,7,10H,6,8-9,15H2,1-3H3,(H,17,19). The van der Waals surface area contributed by atoms with Crippen molar-refractivity contribution in [1.82, 2.24) is 10.3 Å². The zero-order chi connectivity index (χ0) is 14.8. The molecule has 0 spiro atoms. The quantitative estimate of drug-likeness (QED) is 0.861. The molecule has 0 radical (unpaired) electrons. The summed E-state index contributed by atoms with van der Waals surface area (Å²) < 4.78 is 5.26. The molecular weight excluding hydrogens is 256 g/mol. The molecule has 1 aliphatic rings. The van der Waals surface area contributed by atoms with E-state index in [-0.39, 0.29) is 12.1 Å². The summed E-state index contributed by atoms with van der Waals surface area (Å²) in [6.45, 7) is 7.06. The number of hydrogen-bond donors (Lipinski definition) is 2. The molecule has 0 saturated carbocycles. The SMILES string of the molecule is CC(C)(C)OC(=O)NC1CCN(c2ncccc2N)C1. The van der Waals surface area contributed by atoms with Crippen molar-refractivity contribution in [3.05, 3.63) is 18.3 Å². The number of nitrogens with two attached hydrogens (primary N) is 1. The first-order chi connectivity index (χ1) is 9.35. The number of carbonyl (C=O) groups excluding carboxylic acids is 1. The summed E-state index contributed by atoms with van der Waals surface area (Å²) in [6.07, 6.45) is 2.20. The van der Waals surface area contributed by atoms with Crippen LogP contribution in [0.5, 0.6) is 0 Å². The number of ether oxygens (including phenoxy) is 1. The highest BCUT2D eigenvalue weighted by atomic mass is 16.6. The van der Waals surface area contributed by atoms with Crippen molar-refractivity contribution in [3.8, 4) is 0 Å². The highest BCUT2D eigenvalue weighted by molar-refractivity contribution is 5.69. The van der Waals surface area contributed by atoms with Gasteiger partial charge in [-0.15, -0.1) is 0 Å². The van der Waals surface area contributed by atoms with Crippen LogP contribution in [0.2, 0.25) is 0 Å². The Morgan fingerprint density at radius 2 is 2.30 bits per heavy atom. The van der Waals surface area contributed by atoms with E-state index in [1.807, 2.05) is 32.9 Å². The Hall–Kier alpha value is -1.98. The molecule has 1 aromatic rings. The van der Waals surface area contributed by atoms with Gasteiger partial charge in [-0.3, -0.25) is 0 Å². The number of hydrogen-bond acceptors (Lipinski definition) is 5. The van der Waals surface area contributed by atoms with Gasteiger partial charge in [0.25, 0.3) is 0 Å². The first kappa shape index (κ1) is 14.4. The molecule has 1 unspecified atom stereocenters. The number of alkyl carbamates (subject to hydrolysis) is 1. The Labute approximate surface area is 119 Å². The molecule has 1 fully saturated rings. The van der Waals surface area contributed by atoms with Gasteiger partial charge in [0, 0.05) is 19.3 Å². The van der Waals surface area contributed by atoms with Gasteiger partial charge in [-0.1, -0.05) is 0 Å². The molecule has 1 aromatic heterocycles. The normalized spacial score (nSPS) is 18.9. The summed E-state index contributed by atoms with van der Waals surface area (Å²) in [7, 11) is 0. The minimum Gasteiger partial charge on any atom is -0.444 e. The molecule has 0 bridgehead atoms. The number of nitrogens with zero attached hydrogens (tertiary/aromatic N) is 2. The fraction of sp³-hybridized carbons (Fsp3) is 0.571. The summed E-state index contributed by atoms with van der Waals surface area (Å²) in [5.41, 5.74) is 6.09. The van der Waals surface area contributed by atoms with E-state index in [9.17, 15) is 4.79 Å². The number of nitrogen functional groups attached to an aromatic ring is 1. The van der Waals surface area contributed by atoms with Crippen LogP contribution in [0.3, 0.4) is 0 Å². The molecule has 1 atom stereocenters. The van der Waals surface area contributed by atoms with Crippen LogP contribution in [0.25, 0.3) is 0 Å². The van der Waals surface area contributed by atoms with Crippen molar-refractivity contribution >= 4 is 17.6 Å². The van der Waals surface area contributed by atoms with Gasteiger partial charge in [0.1, 0.15) is 5.60 Å². The van der Waals surface area contributed by atoms with Crippen LogP contribution < -0.4 is 16.0 Å². The lowest BCUT2D eigenvalue weighted by Crippen LogP contribution is -2.40. The van der Waals surface area contributed by atoms with Crippen molar-refractivity contribution < 1.29 is 9.53 Å².